The quantitative estimate of drug-likeness (QED) is 0.851. The Morgan fingerprint density at radius 2 is 2.44 bits per heavy atom. The molecular formula is C12H16N4OS. The van der Waals surface area contributed by atoms with Gasteiger partial charge in [0.15, 0.2) is 0 Å². The second kappa shape index (κ2) is 5.79. The highest BCUT2D eigenvalue weighted by molar-refractivity contribution is 7.10. The number of nitrogens with one attached hydrogen (secondary N) is 1. The van der Waals surface area contributed by atoms with Gasteiger partial charge in [0.1, 0.15) is 6.04 Å². The van der Waals surface area contributed by atoms with Crippen LogP contribution in [0.4, 0.5) is 0 Å². The van der Waals surface area contributed by atoms with Gasteiger partial charge in [0, 0.05) is 23.3 Å². The van der Waals surface area contributed by atoms with Crippen molar-refractivity contribution < 1.29 is 4.79 Å². The average molecular weight is 264 g/mol. The molecule has 0 saturated carbocycles. The lowest BCUT2D eigenvalue weighted by Gasteiger charge is -2.16. The molecule has 6 heteroatoms. The van der Waals surface area contributed by atoms with E-state index in [1.54, 1.807) is 10.9 Å². The van der Waals surface area contributed by atoms with Gasteiger partial charge in [-0.05, 0) is 24.4 Å². The SMILES string of the molecule is CC(Cn1cccn1)NC(=O)C(N)c1cccs1. The number of hydrogen-bond donors (Lipinski definition) is 2. The first kappa shape index (κ1) is 12.8. The number of hydrogen-bond acceptors (Lipinski definition) is 4. The molecule has 0 aliphatic heterocycles. The Morgan fingerprint density at radius 1 is 1.61 bits per heavy atom. The lowest BCUT2D eigenvalue weighted by Crippen LogP contribution is -2.41. The van der Waals surface area contributed by atoms with Crippen molar-refractivity contribution in [2.75, 3.05) is 0 Å². The molecule has 0 aliphatic rings. The van der Waals surface area contributed by atoms with Crippen LogP contribution in [0.15, 0.2) is 36.0 Å². The average Bonchev–Trinajstić information content (AvgIpc) is 2.99. The maximum atomic E-state index is 11.9. The molecule has 1 amide bonds. The van der Waals surface area contributed by atoms with Crippen LogP contribution in [0.25, 0.3) is 0 Å². The van der Waals surface area contributed by atoms with Gasteiger partial charge < -0.3 is 11.1 Å². The Balaban J connectivity index is 1.87. The molecule has 18 heavy (non-hydrogen) atoms. The smallest absolute Gasteiger partial charge is 0.242 e. The van der Waals surface area contributed by atoms with Crippen LogP contribution in [0.5, 0.6) is 0 Å². The summed E-state index contributed by atoms with van der Waals surface area (Å²) in [6, 6.07) is 5.01. The maximum Gasteiger partial charge on any atom is 0.242 e. The molecule has 3 N–H and O–H groups in total. The molecule has 0 fully saturated rings. The normalized spacial score (nSPS) is 14.1. The molecule has 0 bridgehead atoms. The predicted molar refractivity (Wildman–Crippen MR) is 71.1 cm³/mol. The first-order chi connectivity index (χ1) is 8.66. The molecule has 96 valence electrons. The number of aromatic nitrogens is 2. The summed E-state index contributed by atoms with van der Waals surface area (Å²) in [6.45, 7) is 2.57. The second-order valence-electron chi connectivity index (χ2n) is 4.13. The van der Waals surface area contributed by atoms with E-state index >= 15 is 0 Å². The molecular weight excluding hydrogens is 248 g/mol. The first-order valence-corrected chi connectivity index (χ1v) is 6.61. The van der Waals surface area contributed by atoms with Crippen molar-refractivity contribution in [3.63, 3.8) is 0 Å². The molecule has 2 rings (SSSR count). The van der Waals surface area contributed by atoms with E-state index in [0.29, 0.717) is 6.54 Å². The Kier molecular flexibility index (Phi) is 4.11. The monoisotopic (exact) mass is 264 g/mol. The van der Waals surface area contributed by atoms with Crippen LogP contribution in [0.1, 0.15) is 17.8 Å². The molecule has 5 nitrogen and oxygen atoms in total. The molecule has 0 aliphatic carbocycles. The standard InChI is InChI=1S/C12H16N4OS/c1-9(8-16-6-3-5-14-16)15-12(17)11(13)10-4-2-7-18-10/h2-7,9,11H,8,13H2,1H3,(H,15,17). The third-order valence-electron chi connectivity index (χ3n) is 2.54. The molecule has 2 aromatic rings. The van der Waals surface area contributed by atoms with E-state index in [2.05, 4.69) is 10.4 Å². The zero-order valence-electron chi connectivity index (χ0n) is 10.1. The van der Waals surface area contributed by atoms with Crippen molar-refractivity contribution in [3.05, 3.63) is 40.8 Å². The minimum atomic E-state index is -0.593. The van der Waals surface area contributed by atoms with Crippen molar-refractivity contribution in [1.29, 1.82) is 0 Å². The summed E-state index contributed by atoms with van der Waals surface area (Å²) in [5, 5.41) is 8.89. The molecule has 0 saturated heterocycles. The van der Waals surface area contributed by atoms with E-state index in [1.807, 2.05) is 36.7 Å². The third kappa shape index (κ3) is 3.18. The summed E-state index contributed by atoms with van der Waals surface area (Å²) in [4.78, 5) is 12.8. The number of carbonyl (C=O) groups excluding carboxylic acids is 1. The van der Waals surface area contributed by atoms with Gasteiger partial charge in [0.05, 0.1) is 6.54 Å². The number of thiophene rings is 1. The van der Waals surface area contributed by atoms with Gasteiger partial charge in [-0.25, -0.2) is 0 Å². The number of carbonyl (C=O) groups is 1. The number of nitrogens with zero attached hydrogens (tertiary/aromatic N) is 2. The van der Waals surface area contributed by atoms with Crippen molar-refractivity contribution in [1.82, 2.24) is 15.1 Å². The summed E-state index contributed by atoms with van der Waals surface area (Å²) in [7, 11) is 0. The Labute approximate surface area is 110 Å². The van der Waals surface area contributed by atoms with Crippen LogP contribution in [0, 0.1) is 0 Å². The molecule has 0 aromatic carbocycles. The number of amides is 1. The first-order valence-electron chi connectivity index (χ1n) is 5.73. The fraction of sp³-hybridized carbons (Fsp3) is 0.333. The third-order valence-corrected chi connectivity index (χ3v) is 3.50. The summed E-state index contributed by atoms with van der Waals surface area (Å²) in [5.41, 5.74) is 5.88. The zero-order chi connectivity index (χ0) is 13.0. The van der Waals surface area contributed by atoms with Crippen LogP contribution in [0.3, 0.4) is 0 Å². The molecule has 0 radical (unpaired) electrons. The van der Waals surface area contributed by atoms with E-state index in [1.165, 1.54) is 11.3 Å². The zero-order valence-corrected chi connectivity index (χ0v) is 10.9. The van der Waals surface area contributed by atoms with Crippen molar-refractivity contribution in [3.8, 4) is 0 Å². The second-order valence-corrected chi connectivity index (χ2v) is 5.11. The number of rotatable bonds is 5. The molecule has 2 atom stereocenters. The van der Waals surface area contributed by atoms with Gasteiger partial charge >= 0.3 is 0 Å². The fourth-order valence-electron chi connectivity index (χ4n) is 1.66. The Hall–Kier alpha value is -1.66. The highest BCUT2D eigenvalue weighted by Gasteiger charge is 2.18. The fourth-order valence-corrected chi connectivity index (χ4v) is 2.39. The van der Waals surface area contributed by atoms with E-state index in [-0.39, 0.29) is 11.9 Å². The molecule has 2 aromatic heterocycles. The summed E-state index contributed by atoms with van der Waals surface area (Å²) >= 11 is 1.49. The lowest BCUT2D eigenvalue weighted by atomic mass is 10.2. The summed E-state index contributed by atoms with van der Waals surface area (Å²) < 4.78 is 1.78. The van der Waals surface area contributed by atoms with Crippen LogP contribution < -0.4 is 11.1 Å². The van der Waals surface area contributed by atoms with Gasteiger partial charge in [0.2, 0.25) is 5.91 Å². The number of nitrogens with two attached hydrogens (primary N) is 1. The van der Waals surface area contributed by atoms with Gasteiger partial charge in [-0.2, -0.15) is 5.10 Å². The van der Waals surface area contributed by atoms with Crippen LogP contribution in [-0.2, 0) is 11.3 Å². The van der Waals surface area contributed by atoms with E-state index in [0.717, 1.165) is 4.88 Å². The van der Waals surface area contributed by atoms with Crippen LogP contribution in [-0.4, -0.2) is 21.7 Å². The van der Waals surface area contributed by atoms with Gasteiger partial charge in [-0.15, -0.1) is 11.3 Å². The Bertz CT molecular complexity index is 480. The van der Waals surface area contributed by atoms with Crippen molar-refractivity contribution >= 4 is 17.2 Å². The predicted octanol–water partition coefficient (Wildman–Crippen LogP) is 1.15. The lowest BCUT2D eigenvalue weighted by molar-refractivity contribution is -0.123. The van der Waals surface area contributed by atoms with Gasteiger partial charge in [-0.3, -0.25) is 9.48 Å². The van der Waals surface area contributed by atoms with Crippen LogP contribution in [0.2, 0.25) is 0 Å². The van der Waals surface area contributed by atoms with Gasteiger partial charge in [0.25, 0.3) is 0 Å². The molecule has 0 spiro atoms. The molecule has 2 heterocycles. The topological polar surface area (TPSA) is 72.9 Å². The highest BCUT2D eigenvalue weighted by Crippen LogP contribution is 2.16. The van der Waals surface area contributed by atoms with E-state index < -0.39 is 6.04 Å². The van der Waals surface area contributed by atoms with E-state index in [9.17, 15) is 4.79 Å². The van der Waals surface area contributed by atoms with Crippen molar-refractivity contribution in [2.45, 2.75) is 25.6 Å². The summed E-state index contributed by atoms with van der Waals surface area (Å²) in [6.07, 6.45) is 3.58. The van der Waals surface area contributed by atoms with Gasteiger partial charge in [-0.1, -0.05) is 6.07 Å². The minimum absolute atomic E-state index is 0.0107. The van der Waals surface area contributed by atoms with E-state index in [4.69, 9.17) is 5.73 Å². The molecule has 2 unspecified atom stereocenters. The maximum absolute atomic E-state index is 11.9. The Morgan fingerprint density at radius 3 is 3.06 bits per heavy atom. The summed E-state index contributed by atoms with van der Waals surface area (Å²) in [5.74, 6) is -0.155. The largest absolute Gasteiger partial charge is 0.350 e. The minimum Gasteiger partial charge on any atom is -0.350 e. The van der Waals surface area contributed by atoms with Crippen molar-refractivity contribution in [2.24, 2.45) is 5.73 Å². The highest BCUT2D eigenvalue weighted by atomic mass is 32.1. The van der Waals surface area contributed by atoms with Crippen LogP contribution >= 0.6 is 11.3 Å².